The summed E-state index contributed by atoms with van der Waals surface area (Å²) in [6.45, 7) is 2.72. The van der Waals surface area contributed by atoms with Gasteiger partial charge in [0.1, 0.15) is 31.1 Å². The minimum Gasteiger partial charge on any atom is -0.489 e. The summed E-state index contributed by atoms with van der Waals surface area (Å²) in [5.41, 5.74) is 3.98. The van der Waals surface area contributed by atoms with Gasteiger partial charge < -0.3 is 9.47 Å². The lowest BCUT2D eigenvalue weighted by atomic mass is 10.1. The molecule has 0 N–H and O–H groups in total. The molecule has 0 radical (unpaired) electrons. The van der Waals surface area contributed by atoms with Crippen LogP contribution in [0.15, 0.2) is 85.6 Å². The lowest BCUT2D eigenvalue weighted by molar-refractivity contribution is -0.144. The number of carbonyl (C=O) groups is 1. The van der Waals surface area contributed by atoms with Crippen molar-refractivity contribution in [3.05, 3.63) is 108 Å². The van der Waals surface area contributed by atoms with Crippen LogP contribution in [-0.2, 0) is 29.2 Å². The van der Waals surface area contributed by atoms with Crippen LogP contribution in [0.25, 0.3) is 5.82 Å². The van der Waals surface area contributed by atoms with Crippen molar-refractivity contribution >= 4 is 5.97 Å². The highest BCUT2D eigenvalue weighted by Gasteiger charge is 2.08. The summed E-state index contributed by atoms with van der Waals surface area (Å²) in [5.74, 6) is 1.19. The number of nitrogens with zero attached hydrogens (tertiary/aromatic N) is 3. The summed E-state index contributed by atoms with van der Waals surface area (Å²) in [7, 11) is 0. The van der Waals surface area contributed by atoms with Crippen LogP contribution >= 0.6 is 0 Å². The predicted molar refractivity (Wildman–Crippen MR) is 117 cm³/mol. The van der Waals surface area contributed by atoms with E-state index in [0.717, 1.165) is 28.3 Å². The second kappa shape index (κ2) is 9.71. The van der Waals surface area contributed by atoms with Crippen LogP contribution in [0, 0.1) is 6.92 Å². The molecule has 0 spiro atoms. The minimum atomic E-state index is -0.297. The summed E-state index contributed by atoms with van der Waals surface area (Å²) in [6.07, 6.45) is 7.08. The van der Waals surface area contributed by atoms with E-state index in [4.69, 9.17) is 9.47 Å². The van der Waals surface area contributed by atoms with Crippen molar-refractivity contribution in [2.24, 2.45) is 0 Å². The van der Waals surface area contributed by atoms with E-state index >= 15 is 0 Å². The van der Waals surface area contributed by atoms with Crippen LogP contribution < -0.4 is 4.74 Å². The number of aryl methyl sites for hydroxylation is 1. The Morgan fingerprint density at radius 3 is 2.61 bits per heavy atom. The molecule has 2 aromatic heterocycles. The molecule has 2 aromatic carbocycles. The third-order valence-electron chi connectivity index (χ3n) is 4.71. The van der Waals surface area contributed by atoms with Gasteiger partial charge in [0.25, 0.3) is 0 Å². The molecule has 31 heavy (non-hydrogen) atoms. The average molecular weight is 413 g/mol. The number of carbonyl (C=O) groups excluding carboxylic acids is 1. The second-order valence-corrected chi connectivity index (χ2v) is 7.26. The van der Waals surface area contributed by atoms with Gasteiger partial charge in [-0.1, -0.05) is 48.0 Å². The standard InChI is InChI=1S/C25H23N3O3/c1-19-4-2-6-21(12-19)16-30-23-7-3-5-20(13-23)14-25(29)31-17-22-8-9-24(27-15-22)28-11-10-26-18-28/h2-13,15,18H,14,16-17H2,1H3. The van der Waals surface area contributed by atoms with Gasteiger partial charge in [0.15, 0.2) is 0 Å². The van der Waals surface area contributed by atoms with Crippen molar-refractivity contribution in [2.45, 2.75) is 26.6 Å². The van der Waals surface area contributed by atoms with Gasteiger partial charge in [-0.15, -0.1) is 0 Å². The molecule has 6 heteroatoms. The molecule has 0 atom stereocenters. The number of esters is 1. The van der Waals surface area contributed by atoms with E-state index in [1.165, 1.54) is 5.56 Å². The first-order valence-electron chi connectivity index (χ1n) is 10.0. The van der Waals surface area contributed by atoms with Crippen LogP contribution in [0.1, 0.15) is 22.3 Å². The Hall–Kier alpha value is -3.93. The highest BCUT2D eigenvalue weighted by molar-refractivity contribution is 5.72. The quantitative estimate of drug-likeness (QED) is 0.400. The fourth-order valence-corrected chi connectivity index (χ4v) is 3.14. The maximum absolute atomic E-state index is 12.3. The van der Waals surface area contributed by atoms with Crippen LogP contribution in [0.4, 0.5) is 0 Å². The van der Waals surface area contributed by atoms with E-state index in [-0.39, 0.29) is 19.0 Å². The highest BCUT2D eigenvalue weighted by Crippen LogP contribution is 2.17. The number of hydrogen-bond donors (Lipinski definition) is 0. The lowest BCUT2D eigenvalue weighted by Gasteiger charge is -2.09. The monoisotopic (exact) mass is 413 g/mol. The fourth-order valence-electron chi connectivity index (χ4n) is 3.14. The molecule has 156 valence electrons. The SMILES string of the molecule is Cc1cccc(COc2cccc(CC(=O)OCc3ccc(-n4ccnc4)nc3)c2)c1. The van der Waals surface area contributed by atoms with Crippen molar-refractivity contribution < 1.29 is 14.3 Å². The van der Waals surface area contributed by atoms with Gasteiger partial charge in [0, 0.05) is 24.2 Å². The Morgan fingerprint density at radius 2 is 1.84 bits per heavy atom. The van der Waals surface area contributed by atoms with Gasteiger partial charge in [0.2, 0.25) is 0 Å². The number of aromatic nitrogens is 3. The zero-order valence-corrected chi connectivity index (χ0v) is 17.3. The van der Waals surface area contributed by atoms with Crippen molar-refractivity contribution in [2.75, 3.05) is 0 Å². The van der Waals surface area contributed by atoms with Crippen molar-refractivity contribution in [3.63, 3.8) is 0 Å². The Bertz CT molecular complexity index is 1140. The van der Waals surface area contributed by atoms with Crippen molar-refractivity contribution in [1.82, 2.24) is 14.5 Å². The second-order valence-electron chi connectivity index (χ2n) is 7.26. The fraction of sp³-hybridized carbons (Fsp3) is 0.160. The molecule has 6 nitrogen and oxygen atoms in total. The number of imidazole rings is 1. The van der Waals surface area contributed by atoms with Gasteiger partial charge in [-0.3, -0.25) is 9.36 Å². The maximum atomic E-state index is 12.3. The van der Waals surface area contributed by atoms with E-state index in [0.29, 0.717) is 6.61 Å². The zero-order valence-electron chi connectivity index (χ0n) is 17.3. The topological polar surface area (TPSA) is 66.2 Å². The Kier molecular flexibility index (Phi) is 6.38. The summed E-state index contributed by atoms with van der Waals surface area (Å²) >= 11 is 0. The first kappa shape index (κ1) is 20.3. The van der Waals surface area contributed by atoms with Gasteiger partial charge in [-0.05, 0) is 36.2 Å². The molecule has 0 unspecified atom stereocenters. The average Bonchev–Trinajstić information content (AvgIpc) is 3.32. The highest BCUT2D eigenvalue weighted by atomic mass is 16.5. The van der Waals surface area contributed by atoms with Crippen LogP contribution in [0.3, 0.4) is 0 Å². The number of rotatable bonds is 8. The molecule has 4 aromatic rings. The summed E-state index contributed by atoms with van der Waals surface area (Å²) in [4.78, 5) is 20.6. The van der Waals surface area contributed by atoms with E-state index in [9.17, 15) is 4.79 Å². The van der Waals surface area contributed by atoms with Gasteiger partial charge in [-0.25, -0.2) is 9.97 Å². The lowest BCUT2D eigenvalue weighted by Crippen LogP contribution is -2.08. The zero-order chi connectivity index (χ0) is 21.5. The molecule has 0 aliphatic carbocycles. The number of benzene rings is 2. The normalized spacial score (nSPS) is 10.6. The summed E-state index contributed by atoms with van der Waals surface area (Å²) in [5, 5.41) is 0. The van der Waals surface area contributed by atoms with Crippen molar-refractivity contribution in [3.8, 4) is 11.6 Å². The van der Waals surface area contributed by atoms with Crippen molar-refractivity contribution in [1.29, 1.82) is 0 Å². The molecule has 0 bridgehead atoms. The summed E-state index contributed by atoms with van der Waals surface area (Å²) in [6, 6.07) is 19.5. The van der Waals surface area contributed by atoms with E-state index < -0.39 is 0 Å². The Labute approximate surface area is 181 Å². The molecule has 0 saturated carbocycles. The largest absolute Gasteiger partial charge is 0.489 e. The molecule has 0 saturated heterocycles. The smallest absolute Gasteiger partial charge is 0.310 e. The third kappa shape index (κ3) is 5.79. The van der Waals surface area contributed by atoms with E-state index in [1.54, 1.807) is 18.7 Å². The first-order chi connectivity index (χ1) is 15.2. The molecular weight excluding hydrogens is 390 g/mol. The van der Waals surface area contributed by atoms with Gasteiger partial charge in [0.05, 0.1) is 6.42 Å². The molecule has 0 aliphatic rings. The van der Waals surface area contributed by atoms with Crippen LogP contribution in [0.5, 0.6) is 5.75 Å². The van der Waals surface area contributed by atoms with E-state index in [1.807, 2.05) is 59.3 Å². The molecule has 0 fully saturated rings. The number of ether oxygens (including phenoxy) is 2. The molecule has 4 rings (SSSR count). The van der Waals surface area contributed by atoms with Crippen LogP contribution in [0.2, 0.25) is 0 Å². The molecule has 0 aliphatic heterocycles. The molecular formula is C25H23N3O3. The van der Waals surface area contributed by atoms with Gasteiger partial charge >= 0.3 is 5.97 Å². The number of pyridine rings is 1. The predicted octanol–water partition coefficient (Wildman–Crippen LogP) is 4.44. The maximum Gasteiger partial charge on any atom is 0.310 e. The molecule has 2 heterocycles. The number of hydrogen-bond acceptors (Lipinski definition) is 5. The summed E-state index contributed by atoms with van der Waals surface area (Å²) < 4.78 is 13.1. The minimum absolute atomic E-state index is 0.180. The van der Waals surface area contributed by atoms with Gasteiger partial charge in [-0.2, -0.15) is 0 Å². The Morgan fingerprint density at radius 1 is 0.968 bits per heavy atom. The van der Waals surface area contributed by atoms with E-state index in [2.05, 4.69) is 29.0 Å². The Balaban J connectivity index is 1.28. The third-order valence-corrected chi connectivity index (χ3v) is 4.71. The molecule has 0 amide bonds. The van der Waals surface area contributed by atoms with Crippen LogP contribution in [-0.4, -0.2) is 20.5 Å². The first-order valence-corrected chi connectivity index (χ1v) is 10.0.